The number of carbonyl (C=O) groups excluding carboxylic acids is 2. The highest BCUT2D eigenvalue weighted by atomic mass is 16.5. The van der Waals surface area contributed by atoms with Crippen LogP contribution in [-0.2, 0) is 14.3 Å². The van der Waals surface area contributed by atoms with Crippen LogP contribution in [0.1, 0.15) is 22.0 Å². The minimum absolute atomic E-state index is 0.347. The van der Waals surface area contributed by atoms with E-state index in [1.54, 1.807) is 18.2 Å². The maximum absolute atomic E-state index is 11.2. The van der Waals surface area contributed by atoms with Gasteiger partial charge in [0, 0.05) is 0 Å². The van der Waals surface area contributed by atoms with Crippen molar-refractivity contribution in [2.45, 2.75) is 6.04 Å². The lowest BCUT2D eigenvalue weighted by atomic mass is 10.0. The van der Waals surface area contributed by atoms with Gasteiger partial charge in [0.1, 0.15) is 6.04 Å². The second kappa shape index (κ2) is 5.27. The van der Waals surface area contributed by atoms with E-state index < -0.39 is 18.0 Å². The van der Waals surface area contributed by atoms with Gasteiger partial charge >= 0.3 is 11.9 Å². The van der Waals surface area contributed by atoms with Crippen LogP contribution < -0.4 is 5.73 Å². The second-order valence-corrected chi connectivity index (χ2v) is 3.12. The molecule has 5 heteroatoms. The molecular weight excluding hydrogens is 210 g/mol. The van der Waals surface area contributed by atoms with E-state index in [0.717, 1.165) is 0 Å². The summed E-state index contributed by atoms with van der Waals surface area (Å²) in [6.45, 7) is 0. The van der Waals surface area contributed by atoms with E-state index in [4.69, 9.17) is 5.73 Å². The van der Waals surface area contributed by atoms with Crippen molar-refractivity contribution in [3.05, 3.63) is 35.4 Å². The van der Waals surface area contributed by atoms with Crippen molar-refractivity contribution in [3.63, 3.8) is 0 Å². The van der Waals surface area contributed by atoms with E-state index in [-0.39, 0.29) is 0 Å². The highest BCUT2D eigenvalue weighted by Crippen LogP contribution is 2.14. The first kappa shape index (κ1) is 12.2. The Hall–Kier alpha value is -1.88. The van der Waals surface area contributed by atoms with Gasteiger partial charge in [0.25, 0.3) is 0 Å². The molecule has 1 atom stereocenters. The van der Waals surface area contributed by atoms with Crippen LogP contribution in [0, 0.1) is 0 Å². The minimum Gasteiger partial charge on any atom is -0.468 e. The molecule has 16 heavy (non-hydrogen) atoms. The monoisotopic (exact) mass is 223 g/mol. The summed E-state index contributed by atoms with van der Waals surface area (Å²) >= 11 is 0. The van der Waals surface area contributed by atoms with Crippen LogP contribution in [0.2, 0.25) is 0 Å². The molecule has 0 aliphatic heterocycles. The van der Waals surface area contributed by atoms with E-state index in [1.807, 2.05) is 0 Å². The van der Waals surface area contributed by atoms with Gasteiger partial charge in [0.15, 0.2) is 0 Å². The molecule has 0 aliphatic carbocycles. The smallest absolute Gasteiger partial charge is 0.337 e. The van der Waals surface area contributed by atoms with Gasteiger partial charge in [-0.05, 0) is 17.7 Å². The van der Waals surface area contributed by atoms with Crippen molar-refractivity contribution >= 4 is 11.9 Å². The zero-order valence-corrected chi connectivity index (χ0v) is 9.10. The van der Waals surface area contributed by atoms with Crippen LogP contribution in [0.15, 0.2) is 24.3 Å². The van der Waals surface area contributed by atoms with Crippen molar-refractivity contribution in [3.8, 4) is 0 Å². The predicted octanol–water partition coefficient (Wildman–Crippen LogP) is 0.646. The lowest BCUT2D eigenvalue weighted by molar-refractivity contribution is -0.142. The molecule has 1 aromatic carbocycles. The van der Waals surface area contributed by atoms with Gasteiger partial charge in [-0.15, -0.1) is 0 Å². The molecule has 0 unspecified atom stereocenters. The Bertz CT molecular complexity index is 403. The highest BCUT2D eigenvalue weighted by Gasteiger charge is 2.17. The van der Waals surface area contributed by atoms with E-state index in [1.165, 1.54) is 20.3 Å². The molecule has 0 fully saturated rings. The fraction of sp³-hybridized carbons (Fsp3) is 0.273. The Morgan fingerprint density at radius 3 is 2.50 bits per heavy atom. The zero-order valence-electron chi connectivity index (χ0n) is 9.10. The molecule has 2 N–H and O–H groups in total. The molecule has 0 heterocycles. The molecule has 0 saturated carbocycles. The Kier molecular flexibility index (Phi) is 4.02. The van der Waals surface area contributed by atoms with Gasteiger partial charge in [-0.1, -0.05) is 12.1 Å². The number of rotatable bonds is 3. The number of carbonyl (C=O) groups is 2. The number of methoxy groups -OCH3 is 2. The van der Waals surface area contributed by atoms with Crippen molar-refractivity contribution < 1.29 is 19.1 Å². The summed E-state index contributed by atoms with van der Waals surface area (Å²) in [5.41, 5.74) is 6.49. The number of benzene rings is 1. The first-order valence-electron chi connectivity index (χ1n) is 4.62. The van der Waals surface area contributed by atoms with Gasteiger partial charge in [0.2, 0.25) is 0 Å². The third-order valence-electron chi connectivity index (χ3n) is 2.12. The summed E-state index contributed by atoms with van der Waals surface area (Å²) < 4.78 is 9.07. The highest BCUT2D eigenvalue weighted by molar-refractivity contribution is 5.90. The van der Waals surface area contributed by atoms with Crippen LogP contribution in [0.3, 0.4) is 0 Å². The first-order valence-corrected chi connectivity index (χ1v) is 4.62. The number of nitrogens with two attached hydrogens (primary N) is 1. The standard InChI is InChI=1S/C11H13NO4/c1-15-10(13)8-5-3-4-7(6-8)9(12)11(14)16-2/h3-6,9H,12H2,1-2H3/t9-/m0/s1. The third kappa shape index (κ3) is 2.58. The van der Waals surface area contributed by atoms with Crippen LogP contribution in [0.5, 0.6) is 0 Å². The molecule has 1 aromatic rings. The summed E-state index contributed by atoms with van der Waals surface area (Å²) in [4.78, 5) is 22.4. The molecule has 0 radical (unpaired) electrons. The van der Waals surface area contributed by atoms with Crippen molar-refractivity contribution in [1.82, 2.24) is 0 Å². The molecular formula is C11H13NO4. The predicted molar refractivity (Wildman–Crippen MR) is 56.7 cm³/mol. The van der Waals surface area contributed by atoms with Crippen LogP contribution >= 0.6 is 0 Å². The zero-order chi connectivity index (χ0) is 12.1. The number of hydrogen-bond donors (Lipinski definition) is 1. The molecule has 0 bridgehead atoms. The van der Waals surface area contributed by atoms with E-state index in [0.29, 0.717) is 11.1 Å². The second-order valence-electron chi connectivity index (χ2n) is 3.12. The SMILES string of the molecule is COC(=O)c1cccc([C@H](N)C(=O)OC)c1. The molecule has 0 amide bonds. The van der Waals surface area contributed by atoms with Crippen molar-refractivity contribution in [1.29, 1.82) is 0 Å². The van der Waals surface area contributed by atoms with Gasteiger partial charge < -0.3 is 15.2 Å². The van der Waals surface area contributed by atoms with Gasteiger partial charge in [0.05, 0.1) is 19.8 Å². The van der Waals surface area contributed by atoms with E-state index in [2.05, 4.69) is 9.47 Å². The fourth-order valence-electron chi connectivity index (χ4n) is 1.24. The molecule has 0 aliphatic rings. The van der Waals surface area contributed by atoms with Crippen LogP contribution in [0.25, 0.3) is 0 Å². The average molecular weight is 223 g/mol. The molecule has 0 spiro atoms. The van der Waals surface area contributed by atoms with Crippen LogP contribution in [0.4, 0.5) is 0 Å². The maximum Gasteiger partial charge on any atom is 0.337 e. The molecule has 0 saturated heterocycles. The lowest BCUT2D eigenvalue weighted by Gasteiger charge is -2.10. The Morgan fingerprint density at radius 1 is 1.25 bits per heavy atom. The summed E-state index contributed by atoms with van der Waals surface area (Å²) in [5.74, 6) is -1.03. The largest absolute Gasteiger partial charge is 0.468 e. The van der Waals surface area contributed by atoms with E-state index >= 15 is 0 Å². The van der Waals surface area contributed by atoms with Gasteiger partial charge in [-0.3, -0.25) is 4.79 Å². The van der Waals surface area contributed by atoms with Crippen LogP contribution in [-0.4, -0.2) is 26.2 Å². The lowest BCUT2D eigenvalue weighted by Crippen LogP contribution is -2.22. The molecule has 0 aromatic heterocycles. The normalized spacial score (nSPS) is 11.7. The summed E-state index contributed by atoms with van der Waals surface area (Å²) in [5, 5.41) is 0. The summed E-state index contributed by atoms with van der Waals surface area (Å²) in [6.07, 6.45) is 0. The third-order valence-corrected chi connectivity index (χ3v) is 2.12. The van der Waals surface area contributed by atoms with Gasteiger partial charge in [-0.2, -0.15) is 0 Å². The van der Waals surface area contributed by atoms with Crippen molar-refractivity contribution in [2.75, 3.05) is 14.2 Å². The van der Waals surface area contributed by atoms with Crippen molar-refractivity contribution in [2.24, 2.45) is 5.73 Å². The molecule has 5 nitrogen and oxygen atoms in total. The summed E-state index contributed by atoms with van der Waals surface area (Å²) in [6, 6.07) is 5.47. The average Bonchev–Trinajstić information content (AvgIpc) is 2.36. The first-order chi connectivity index (χ1) is 7.60. The Balaban J connectivity index is 2.98. The minimum atomic E-state index is -0.894. The number of esters is 2. The van der Waals surface area contributed by atoms with E-state index in [9.17, 15) is 9.59 Å². The Labute approximate surface area is 93.1 Å². The Morgan fingerprint density at radius 2 is 1.94 bits per heavy atom. The maximum atomic E-state index is 11.2. The quantitative estimate of drug-likeness (QED) is 0.761. The topological polar surface area (TPSA) is 78.6 Å². The molecule has 86 valence electrons. The molecule has 1 rings (SSSR count). The number of ether oxygens (including phenoxy) is 2. The number of hydrogen-bond acceptors (Lipinski definition) is 5. The van der Waals surface area contributed by atoms with Gasteiger partial charge in [-0.25, -0.2) is 4.79 Å². The fourth-order valence-corrected chi connectivity index (χ4v) is 1.24. The summed E-state index contributed by atoms with van der Waals surface area (Å²) in [7, 11) is 2.54.